The second-order valence-electron chi connectivity index (χ2n) is 6.35. The molecule has 0 aromatic rings. The van der Waals surface area contributed by atoms with Crippen molar-refractivity contribution in [1.82, 2.24) is 9.80 Å². The molecule has 0 bridgehead atoms. The summed E-state index contributed by atoms with van der Waals surface area (Å²) in [6, 6.07) is 1.33. The molecular weight excluding hydrogens is 272 g/mol. The molecule has 0 saturated heterocycles. The van der Waals surface area contributed by atoms with Crippen LogP contribution in [-0.4, -0.2) is 50.6 Å². The summed E-state index contributed by atoms with van der Waals surface area (Å²) in [6.45, 7) is 23.2. The van der Waals surface area contributed by atoms with Gasteiger partial charge in [-0.1, -0.05) is 45.9 Å². The third-order valence-corrected chi connectivity index (χ3v) is 7.93. The van der Waals surface area contributed by atoms with Crippen molar-refractivity contribution in [3.8, 4) is 0 Å². The van der Waals surface area contributed by atoms with Crippen molar-refractivity contribution < 1.29 is 0 Å². The molecule has 0 heterocycles. The lowest BCUT2D eigenvalue weighted by Crippen LogP contribution is -2.58. The van der Waals surface area contributed by atoms with Crippen molar-refractivity contribution in [2.45, 2.75) is 79.1 Å². The molecule has 0 aliphatic rings. The van der Waals surface area contributed by atoms with E-state index < -0.39 is 8.80 Å². The van der Waals surface area contributed by atoms with Gasteiger partial charge in [-0.2, -0.15) is 0 Å². The molecule has 0 aliphatic carbocycles. The van der Waals surface area contributed by atoms with Crippen molar-refractivity contribution >= 4 is 8.80 Å². The van der Waals surface area contributed by atoms with E-state index in [1.54, 1.807) is 0 Å². The monoisotopic (exact) mass is 312 g/mol. The molecule has 0 aromatic carbocycles. The third kappa shape index (κ3) is 7.12. The highest BCUT2D eigenvalue weighted by Crippen LogP contribution is 2.19. The largest absolute Gasteiger partial charge is 0.291 e. The van der Waals surface area contributed by atoms with Crippen LogP contribution in [0.15, 0.2) is 11.8 Å². The molecule has 2 nitrogen and oxygen atoms in total. The molecule has 0 amide bonds. The highest BCUT2D eigenvalue weighted by atomic mass is 28.3. The Bertz CT molecular complexity index is 240. The van der Waals surface area contributed by atoms with Gasteiger partial charge in [0, 0.05) is 0 Å². The summed E-state index contributed by atoms with van der Waals surface area (Å²) in [5, 5.41) is 1.48. The smallest absolute Gasteiger partial charge is 0.101 e. The Morgan fingerprint density at radius 1 is 0.810 bits per heavy atom. The Kier molecular flexibility index (Phi) is 12.4. The predicted octanol–water partition coefficient (Wildman–Crippen LogP) is 4.46. The molecule has 0 aromatic heterocycles. The van der Waals surface area contributed by atoms with Crippen molar-refractivity contribution in [3.63, 3.8) is 0 Å². The van der Waals surface area contributed by atoms with E-state index in [9.17, 15) is 0 Å². The van der Waals surface area contributed by atoms with E-state index in [-0.39, 0.29) is 0 Å². The maximum absolute atomic E-state index is 4.36. The van der Waals surface area contributed by atoms with Gasteiger partial charge in [0.15, 0.2) is 0 Å². The predicted molar refractivity (Wildman–Crippen MR) is 101 cm³/mol. The molecule has 3 heteroatoms. The van der Waals surface area contributed by atoms with Crippen LogP contribution < -0.4 is 0 Å². The third-order valence-electron chi connectivity index (χ3n) is 4.22. The number of rotatable bonds is 13. The van der Waals surface area contributed by atoms with Crippen molar-refractivity contribution in [3.05, 3.63) is 11.8 Å². The summed E-state index contributed by atoms with van der Waals surface area (Å²) in [4.78, 5) is 5.56. The second-order valence-corrected chi connectivity index (χ2v) is 9.96. The van der Waals surface area contributed by atoms with Gasteiger partial charge in [0.2, 0.25) is 0 Å². The van der Waals surface area contributed by atoms with Crippen LogP contribution in [-0.2, 0) is 0 Å². The number of allylic oxidation sites excluding steroid dienone is 1. The zero-order valence-electron chi connectivity index (χ0n) is 15.6. The molecule has 0 N–H and O–H groups in total. The maximum Gasteiger partial charge on any atom is 0.101 e. The fraction of sp³-hybridized carbons (Fsp3) is 0.889. The summed E-state index contributed by atoms with van der Waals surface area (Å²) in [7, 11) is -0.986. The lowest BCUT2D eigenvalue weighted by molar-refractivity contribution is 0.0927. The average molecular weight is 313 g/mol. The SMILES string of the molecule is C=C(C)[SiH](CC)C(N(CCC)CCC)N(CCC)CCC. The fourth-order valence-corrected chi connectivity index (χ4v) is 6.70. The molecule has 126 valence electrons. The minimum atomic E-state index is -0.986. The number of hydrogen-bond donors (Lipinski definition) is 0. The van der Waals surface area contributed by atoms with Crippen molar-refractivity contribution in [2.75, 3.05) is 26.2 Å². The van der Waals surface area contributed by atoms with Crippen LogP contribution in [0.3, 0.4) is 0 Å². The van der Waals surface area contributed by atoms with Gasteiger partial charge in [0.1, 0.15) is 8.80 Å². The standard InChI is InChI=1S/C18H40N2Si/c1-8-13-19(14-9-2)18(21(12-5)17(6)7)20(15-10-3)16-11-4/h18,21H,6,8-16H2,1-5,7H3. The maximum atomic E-state index is 4.36. The molecule has 0 rings (SSSR count). The quantitative estimate of drug-likeness (QED) is 0.366. The van der Waals surface area contributed by atoms with Crippen LogP contribution in [0.1, 0.15) is 67.2 Å². The first kappa shape index (κ1) is 20.9. The molecule has 0 spiro atoms. The van der Waals surface area contributed by atoms with E-state index in [4.69, 9.17) is 0 Å². The first-order valence-electron chi connectivity index (χ1n) is 9.20. The minimum Gasteiger partial charge on any atom is -0.291 e. The van der Waals surface area contributed by atoms with Gasteiger partial charge in [0.05, 0.1) is 5.79 Å². The van der Waals surface area contributed by atoms with Gasteiger partial charge in [0.25, 0.3) is 0 Å². The van der Waals surface area contributed by atoms with Crippen LogP contribution in [0.5, 0.6) is 0 Å². The van der Waals surface area contributed by atoms with E-state index in [2.05, 4.69) is 57.9 Å². The van der Waals surface area contributed by atoms with Crippen LogP contribution in [0, 0.1) is 0 Å². The zero-order valence-corrected chi connectivity index (χ0v) is 16.8. The van der Waals surface area contributed by atoms with Gasteiger partial charge < -0.3 is 0 Å². The molecular formula is C18H40N2Si. The normalized spacial score (nSPS) is 13.4. The van der Waals surface area contributed by atoms with Crippen LogP contribution in [0.4, 0.5) is 0 Å². The van der Waals surface area contributed by atoms with Gasteiger partial charge >= 0.3 is 0 Å². The van der Waals surface area contributed by atoms with Gasteiger partial charge in [-0.05, 0) is 58.8 Å². The first-order valence-corrected chi connectivity index (χ1v) is 11.3. The van der Waals surface area contributed by atoms with E-state index in [0.717, 1.165) is 0 Å². The molecule has 1 unspecified atom stereocenters. The summed E-state index contributed by atoms with van der Waals surface area (Å²) in [5.41, 5.74) is 0. The average Bonchev–Trinajstić information content (AvgIpc) is 2.44. The molecule has 0 fully saturated rings. The topological polar surface area (TPSA) is 6.48 Å². The summed E-state index contributed by atoms with van der Waals surface area (Å²) >= 11 is 0. The Balaban J connectivity index is 5.40. The molecule has 1 atom stereocenters. The minimum absolute atomic E-state index is 0.673. The Morgan fingerprint density at radius 2 is 1.14 bits per heavy atom. The van der Waals surface area contributed by atoms with Crippen LogP contribution in [0.25, 0.3) is 0 Å². The lowest BCUT2D eigenvalue weighted by Gasteiger charge is -2.44. The van der Waals surface area contributed by atoms with E-state index >= 15 is 0 Å². The molecule has 0 aliphatic heterocycles. The fourth-order valence-electron chi connectivity index (χ4n) is 3.46. The Labute approximate surface area is 136 Å². The van der Waals surface area contributed by atoms with Crippen molar-refractivity contribution in [2.24, 2.45) is 0 Å². The van der Waals surface area contributed by atoms with Crippen LogP contribution in [0.2, 0.25) is 6.04 Å². The number of hydrogen-bond acceptors (Lipinski definition) is 2. The van der Waals surface area contributed by atoms with Gasteiger partial charge in [-0.15, -0.1) is 6.58 Å². The second kappa shape index (κ2) is 12.4. The first-order chi connectivity index (χ1) is 10.1. The summed E-state index contributed by atoms with van der Waals surface area (Å²) in [5.74, 6) is 0.673. The highest BCUT2D eigenvalue weighted by molar-refractivity contribution is 6.67. The zero-order chi connectivity index (χ0) is 16.3. The number of nitrogens with zero attached hydrogens (tertiary/aromatic N) is 2. The van der Waals surface area contributed by atoms with Crippen molar-refractivity contribution in [1.29, 1.82) is 0 Å². The molecule has 21 heavy (non-hydrogen) atoms. The molecule has 0 saturated carbocycles. The van der Waals surface area contributed by atoms with Gasteiger partial charge in [-0.25, -0.2) is 0 Å². The molecule has 0 radical (unpaired) electrons. The van der Waals surface area contributed by atoms with E-state index in [1.165, 1.54) is 63.1 Å². The van der Waals surface area contributed by atoms with Crippen LogP contribution >= 0.6 is 0 Å². The Hall–Kier alpha value is -0.123. The van der Waals surface area contributed by atoms with E-state index in [1.807, 2.05) is 0 Å². The highest BCUT2D eigenvalue weighted by Gasteiger charge is 2.31. The summed E-state index contributed by atoms with van der Waals surface area (Å²) < 4.78 is 0. The van der Waals surface area contributed by atoms with E-state index in [0.29, 0.717) is 5.79 Å². The van der Waals surface area contributed by atoms with Gasteiger partial charge in [-0.3, -0.25) is 9.80 Å². The lowest BCUT2D eigenvalue weighted by atomic mass is 10.3. The Morgan fingerprint density at radius 3 is 1.33 bits per heavy atom. The summed E-state index contributed by atoms with van der Waals surface area (Å²) in [6.07, 6.45) is 5.01.